The lowest BCUT2D eigenvalue weighted by molar-refractivity contribution is -0.137. The number of hydrogen-bond donors (Lipinski definition) is 2. The molecule has 0 aromatic heterocycles. The molecule has 0 aliphatic heterocycles. The van der Waals surface area contributed by atoms with E-state index in [0.717, 1.165) is 12.8 Å². The Labute approximate surface area is 113 Å². The zero-order chi connectivity index (χ0) is 14.1. The summed E-state index contributed by atoms with van der Waals surface area (Å²) in [6.45, 7) is 0.811. The fourth-order valence-corrected chi connectivity index (χ4v) is 1.63. The van der Waals surface area contributed by atoms with E-state index in [-0.39, 0.29) is 19.0 Å². The summed E-state index contributed by atoms with van der Waals surface area (Å²) in [5.74, 6) is -0.899. The van der Waals surface area contributed by atoms with Crippen molar-refractivity contribution in [1.82, 2.24) is 10.2 Å². The fraction of sp³-hybridized carbons (Fsp3) is 0.429. The van der Waals surface area contributed by atoms with Gasteiger partial charge in [0, 0.05) is 20.1 Å². The van der Waals surface area contributed by atoms with Crippen molar-refractivity contribution in [2.75, 3.05) is 20.1 Å². The van der Waals surface area contributed by atoms with Gasteiger partial charge < -0.3 is 15.3 Å². The molecule has 0 saturated carbocycles. The van der Waals surface area contributed by atoms with Gasteiger partial charge in [0.25, 0.3) is 0 Å². The first-order valence-electron chi connectivity index (χ1n) is 6.34. The van der Waals surface area contributed by atoms with Crippen LogP contribution in [0.25, 0.3) is 0 Å². The van der Waals surface area contributed by atoms with Crippen LogP contribution in [0.4, 0.5) is 4.79 Å². The van der Waals surface area contributed by atoms with Crippen molar-refractivity contribution < 1.29 is 14.7 Å². The van der Waals surface area contributed by atoms with Gasteiger partial charge in [-0.15, -0.1) is 0 Å². The maximum Gasteiger partial charge on any atom is 0.317 e. The highest BCUT2D eigenvalue weighted by atomic mass is 16.4. The van der Waals surface area contributed by atoms with E-state index >= 15 is 0 Å². The van der Waals surface area contributed by atoms with Crippen molar-refractivity contribution in [3.8, 4) is 0 Å². The summed E-state index contributed by atoms with van der Waals surface area (Å²) in [6.07, 6.45) is 1.75. The Hall–Kier alpha value is -2.04. The summed E-state index contributed by atoms with van der Waals surface area (Å²) in [6, 6.07) is 9.85. The van der Waals surface area contributed by atoms with Crippen LogP contribution in [0.15, 0.2) is 30.3 Å². The second-order valence-electron chi connectivity index (χ2n) is 4.39. The molecular formula is C14H20N2O3. The van der Waals surface area contributed by atoms with Crippen LogP contribution in [0.2, 0.25) is 0 Å². The molecule has 0 heterocycles. The molecule has 0 unspecified atom stereocenters. The van der Waals surface area contributed by atoms with Crippen molar-refractivity contribution in [3.05, 3.63) is 35.9 Å². The summed E-state index contributed by atoms with van der Waals surface area (Å²) in [4.78, 5) is 23.4. The van der Waals surface area contributed by atoms with E-state index in [0.29, 0.717) is 6.54 Å². The van der Waals surface area contributed by atoms with Gasteiger partial charge in [-0.3, -0.25) is 4.79 Å². The number of urea groups is 1. The maximum atomic E-state index is 11.6. The molecule has 1 rings (SSSR count). The van der Waals surface area contributed by atoms with E-state index < -0.39 is 5.97 Å². The van der Waals surface area contributed by atoms with Gasteiger partial charge in [-0.25, -0.2) is 4.79 Å². The van der Waals surface area contributed by atoms with Crippen molar-refractivity contribution >= 4 is 12.0 Å². The highest BCUT2D eigenvalue weighted by molar-refractivity contribution is 5.74. The van der Waals surface area contributed by atoms with Crippen molar-refractivity contribution in [2.24, 2.45) is 0 Å². The predicted molar refractivity (Wildman–Crippen MR) is 73.0 cm³/mol. The van der Waals surface area contributed by atoms with Gasteiger partial charge in [-0.2, -0.15) is 0 Å². The zero-order valence-corrected chi connectivity index (χ0v) is 11.1. The number of hydrogen-bond acceptors (Lipinski definition) is 2. The lowest BCUT2D eigenvalue weighted by Crippen LogP contribution is -2.38. The molecule has 0 aliphatic rings. The minimum absolute atomic E-state index is 0.0338. The average Bonchev–Trinajstić information content (AvgIpc) is 2.41. The summed E-state index contributed by atoms with van der Waals surface area (Å²) in [7, 11) is 1.59. The van der Waals surface area contributed by atoms with Gasteiger partial charge in [0.1, 0.15) is 0 Å². The van der Waals surface area contributed by atoms with Gasteiger partial charge in [0.05, 0.1) is 6.42 Å². The summed E-state index contributed by atoms with van der Waals surface area (Å²) < 4.78 is 0. The molecule has 2 amide bonds. The van der Waals surface area contributed by atoms with Crippen molar-refractivity contribution in [3.63, 3.8) is 0 Å². The lowest BCUT2D eigenvalue weighted by Gasteiger charge is -2.16. The first kappa shape index (κ1) is 15.0. The Kier molecular flexibility index (Phi) is 6.43. The third-order valence-corrected chi connectivity index (χ3v) is 2.77. The van der Waals surface area contributed by atoms with Crippen LogP contribution in [0.3, 0.4) is 0 Å². The van der Waals surface area contributed by atoms with Crippen LogP contribution in [0.1, 0.15) is 18.4 Å². The molecule has 0 fully saturated rings. The van der Waals surface area contributed by atoms with E-state index in [1.807, 2.05) is 18.2 Å². The number of aliphatic carboxylic acids is 1. The average molecular weight is 264 g/mol. The quantitative estimate of drug-likeness (QED) is 0.737. The molecular weight excluding hydrogens is 244 g/mol. The van der Waals surface area contributed by atoms with Gasteiger partial charge >= 0.3 is 12.0 Å². The first-order valence-corrected chi connectivity index (χ1v) is 6.34. The van der Waals surface area contributed by atoms with Crippen molar-refractivity contribution in [1.29, 1.82) is 0 Å². The van der Waals surface area contributed by atoms with Crippen LogP contribution < -0.4 is 5.32 Å². The molecule has 0 bridgehead atoms. The lowest BCUT2D eigenvalue weighted by atomic mass is 10.1. The molecule has 5 nitrogen and oxygen atoms in total. The Balaban J connectivity index is 2.15. The Morgan fingerprint density at radius 1 is 1.26 bits per heavy atom. The van der Waals surface area contributed by atoms with E-state index in [1.54, 1.807) is 7.05 Å². The third-order valence-electron chi connectivity index (χ3n) is 2.77. The molecule has 104 valence electrons. The number of carboxylic acid groups (broad SMARTS) is 1. The number of carbonyl (C=O) groups is 2. The molecule has 2 N–H and O–H groups in total. The van der Waals surface area contributed by atoms with Crippen LogP contribution >= 0.6 is 0 Å². The van der Waals surface area contributed by atoms with E-state index in [2.05, 4.69) is 17.4 Å². The van der Waals surface area contributed by atoms with Gasteiger partial charge in [0.2, 0.25) is 0 Å². The molecule has 0 saturated heterocycles. The SMILES string of the molecule is CN(CCC(=O)O)C(=O)NCCCc1ccccc1. The third kappa shape index (κ3) is 6.45. The number of amides is 2. The molecule has 0 aliphatic carbocycles. The van der Waals surface area contributed by atoms with Gasteiger partial charge in [-0.05, 0) is 18.4 Å². The molecule has 0 atom stereocenters. The Bertz CT molecular complexity index is 406. The maximum absolute atomic E-state index is 11.6. The number of nitrogens with one attached hydrogen (secondary N) is 1. The highest BCUT2D eigenvalue weighted by Gasteiger charge is 2.08. The molecule has 1 aromatic rings. The number of benzene rings is 1. The molecule has 1 aromatic carbocycles. The second-order valence-corrected chi connectivity index (χ2v) is 4.39. The summed E-state index contributed by atoms with van der Waals surface area (Å²) >= 11 is 0. The van der Waals surface area contributed by atoms with E-state index in [1.165, 1.54) is 10.5 Å². The van der Waals surface area contributed by atoms with E-state index in [9.17, 15) is 9.59 Å². The monoisotopic (exact) mass is 264 g/mol. The molecule has 0 radical (unpaired) electrons. The Morgan fingerprint density at radius 3 is 2.58 bits per heavy atom. The number of nitrogens with zero attached hydrogens (tertiary/aromatic N) is 1. The standard InChI is InChI=1S/C14H20N2O3/c1-16(11-9-13(17)18)14(19)15-10-5-8-12-6-3-2-4-7-12/h2-4,6-7H,5,8-11H2,1H3,(H,15,19)(H,17,18). The first-order chi connectivity index (χ1) is 9.09. The zero-order valence-electron chi connectivity index (χ0n) is 11.1. The molecule has 5 heteroatoms. The van der Waals surface area contributed by atoms with Gasteiger partial charge in [0.15, 0.2) is 0 Å². The number of carboxylic acids is 1. The van der Waals surface area contributed by atoms with Crippen LogP contribution in [-0.4, -0.2) is 42.1 Å². The summed E-state index contributed by atoms with van der Waals surface area (Å²) in [5, 5.41) is 11.3. The topological polar surface area (TPSA) is 69.6 Å². The van der Waals surface area contributed by atoms with Gasteiger partial charge in [-0.1, -0.05) is 30.3 Å². The Morgan fingerprint density at radius 2 is 1.95 bits per heavy atom. The molecule has 19 heavy (non-hydrogen) atoms. The minimum Gasteiger partial charge on any atom is -0.481 e. The molecule has 0 spiro atoms. The summed E-state index contributed by atoms with van der Waals surface area (Å²) in [5.41, 5.74) is 1.25. The van der Waals surface area contributed by atoms with Crippen molar-refractivity contribution in [2.45, 2.75) is 19.3 Å². The predicted octanol–water partition coefficient (Wildman–Crippen LogP) is 1.74. The largest absolute Gasteiger partial charge is 0.481 e. The van der Waals surface area contributed by atoms with Crippen LogP contribution in [0, 0.1) is 0 Å². The van der Waals surface area contributed by atoms with E-state index in [4.69, 9.17) is 5.11 Å². The highest BCUT2D eigenvalue weighted by Crippen LogP contribution is 2.01. The minimum atomic E-state index is -0.899. The smallest absolute Gasteiger partial charge is 0.317 e. The van der Waals surface area contributed by atoms with Crippen LogP contribution in [-0.2, 0) is 11.2 Å². The van der Waals surface area contributed by atoms with Crippen LogP contribution in [0.5, 0.6) is 0 Å². The number of rotatable bonds is 7. The second kappa shape index (κ2) is 8.13. The normalized spacial score (nSPS) is 9.95. The number of carbonyl (C=O) groups excluding carboxylic acids is 1. The fourth-order valence-electron chi connectivity index (χ4n) is 1.63. The number of aryl methyl sites for hydroxylation is 1.